The highest BCUT2D eigenvalue weighted by molar-refractivity contribution is 4.94. The Morgan fingerprint density at radius 2 is 1.89 bits per heavy atom. The number of rotatable bonds is 3. The first kappa shape index (κ1) is 15.3. The smallest absolute Gasteiger partial charge is 0.0685 e. The predicted molar refractivity (Wildman–Crippen MR) is 81.1 cm³/mol. The van der Waals surface area contributed by atoms with Crippen LogP contribution in [0.15, 0.2) is 0 Å². The van der Waals surface area contributed by atoms with Crippen LogP contribution < -0.4 is 5.73 Å². The van der Waals surface area contributed by atoms with Crippen LogP contribution in [-0.2, 0) is 4.74 Å². The zero-order valence-electron chi connectivity index (χ0n) is 13.4. The van der Waals surface area contributed by atoms with Gasteiger partial charge in [-0.15, -0.1) is 0 Å². The molecule has 0 aromatic carbocycles. The van der Waals surface area contributed by atoms with Gasteiger partial charge in [0.25, 0.3) is 0 Å². The molecule has 1 saturated heterocycles. The van der Waals surface area contributed by atoms with Gasteiger partial charge in [-0.05, 0) is 49.4 Å². The van der Waals surface area contributed by atoms with Crippen LogP contribution in [0.5, 0.6) is 0 Å². The molecule has 2 nitrogen and oxygen atoms in total. The van der Waals surface area contributed by atoms with Crippen molar-refractivity contribution < 1.29 is 4.74 Å². The first-order valence-electron chi connectivity index (χ1n) is 8.22. The Labute approximate surface area is 119 Å². The average molecular weight is 267 g/mol. The highest BCUT2D eigenvalue weighted by Gasteiger charge is 2.41. The highest BCUT2D eigenvalue weighted by Crippen LogP contribution is 2.43. The van der Waals surface area contributed by atoms with Crippen molar-refractivity contribution in [3.8, 4) is 0 Å². The summed E-state index contributed by atoms with van der Waals surface area (Å²) >= 11 is 0. The minimum Gasteiger partial charge on any atom is -0.375 e. The molecule has 1 spiro atoms. The molecule has 2 heteroatoms. The lowest BCUT2D eigenvalue weighted by molar-refractivity contribution is -0.0973. The van der Waals surface area contributed by atoms with Crippen LogP contribution in [0.2, 0.25) is 0 Å². The number of ether oxygens (including phenoxy) is 1. The van der Waals surface area contributed by atoms with E-state index < -0.39 is 0 Å². The van der Waals surface area contributed by atoms with Gasteiger partial charge < -0.3 is 10.5 Å². The van der Waals surface area contributed by atoms with Crippen molar-refractivity contribution in [3.05, 3.63) is 0 Å². The molecule has 0 aromatic heterocycles. The number of nitrogens with two attached hydrogens (primary N) is 1. The normalized spacial score (nSPS) is 30.5. The summed E-state index contributed by atoms with van der Waals surface area (Å²) in [5.74, 6) is 1.36. The first-order valence-corrected chi connectivity index (χ1v) is 8.22. The molecule has 0 aromatic rings. The van der Waals surface area contributed by atoms with Crippen LogP contribution in [0.4, 0.5) is 0 Å². The molecule has 112 valence electrons. The first-order chi connectivity index (χ1) is 8.82. The van der Waals surface area contributed by atoms with Crippen molar-refractivity contribution in [1.82, 2.24) is 0 Å². The lowest BCUT2D eigenvalue weighted by atomic mass is 9.73. The van der Waals surface area contributed by atoms with Gasteiger partial charge in [0.05, 0.1) is 5.60 Å². The quantitative estimate of drug-likeness (QED) is 0.834. The van der Waals surface area contributed by atoms with Gasteiger partial charge in [0.2, 0.25) is 0 Å². The molecule has 2 rings (SSSR count). The monoisotopic (exact) mass is 267 g/mol. The second kappa shape index (κ2) is 5.73. The van der Waals surface area contributed by atoms with Crippen LogP contribution in [0, 0.1) is 17.3 Å². The third-order valence-electron chi connectivity index (χ3n) is 5.76. The lowest BCUT2D eigenvalue weighted by Gasteiger charge is -2.41. The van der Waals surface area contributed by atoms with E-state index in [2.05, 4.69) is 27.7 Å². The standard InChI is InChI=1S/C17H33NO/c1-13(16(2,3)4)11-15(18)14-7-10-19-17(12-14)8-5-6-9-17/h13-15H,5-12,18H2,1-4H3. The summed E-state index contributed by atoms with van der Waals surface area (Å²) < 4.78 is 6.12. The van der Waals surface area contributed by atoms with E-state index in [9.17, 15) is 0 Å². The molecule has 2 aliphatic rings. The molecule has 0 amide bonds. The van der Waals surface area contributed by atoms with Crippen LogP contribution in [0.3, 0.4) is 0 Å². The van der Waals surface area contributed by atoms with Crippen molar-refractivity contribution in [1.29, 1.82) is 0 Å². The minimum absolute atomic E-state index is 0.214. The fourth-order valence-electron chi connectivity index (χ4n) is 3.75. The largest absolute Gasteiger partial charge is 0.375 e. The van der Waals surface area contributed by atoms with E-state index in [0.717, 1.165) is 13.0 Å². The summed E-state index contributed by atoms with van der Waals surface area (Å²) in [7, 11) is 0. The maximum Gasteiger partial charge on any atom is 0.0685 e. The van der Waals surface area contributed by atoms with Gasteiger partial charge >= 0.3 is 0 Å². The van der Waals surface area contributed by atoms with E-state index in [1.165, 1.54) is 38.5 Å². The van der Waals surface area contributed by atoms with E-state index >= 15 is 0 Å². The lowest BCUT2D eigenvalue weighted by Crippen LogP contribution is -2.44. The summed E-state index contributed by atoms with van der Waals surface area (Å²) in [5.41, 5.74) is 7.12. The van der Waals surface area contributed by atoms with Gasteiger partial charge in [-0.2, -0.15) is 0 Å². The highest BCUT2D eigenvalue weighted by atomic mass is 16.5. The zero-order valence-corrected chi connectivity index (χ0v) is 13.4. The minimum atomic E-state index is 0.214. The summed E-state index contributed by atoms with van der Waals surface area (Å²) in [5, 5.41) is 0. The fourth-order valence-corrected chi connectivity index (χ4v) is 3.75. The summed E-state index contributed by atoms with van der Waals surface area (Å²) in [6, 6.07) is 0.357. The summed E-state index contributed by atoms with van der Waals surface area (Å²) in [6.45, 7) is 10.3. The third-order valence-corrected chi connectivity index (χ3v) is 5.76. The van der Waals surface area contributed by atoms with E-state index in [0.29, 0.717) is 23.3 Å². The molecule has 1 aliphatic carbocycles. The molecule has 3 atom stereocenters. The maximum atomic E-state index is 6.54. The summed E-state index contributed by atoms with van der Waals surface area (Å²) in [4.78, 5) is 0. The maximum absolute atomic E-state index is 6.54. The Morgan fingerprint density at radius 1 is 1.26 bits per heavy atom. The van der Waals surface area contributed by atoms with Crippen molar-refractivity contribution >= 4 is 0 Å². The second-order valence-electron chi connectivity index (χ2n) is 8.16. The Balaban J connectivity index is 1.90. The van der Waals surface area contributed by atoms with Crippen molar-refractivity contribution in [2.75, 3.05) is 6.61 Å². The fraction of sp³-hybridized carbons (Fsp3) is 1.00. The predicted octanol–water partition coefficient (Wildman–Crippen LogP) is 4.13. The number of hydrogen-bond acceptors (Lipinski definition) is 2. The SMILES string of the molecule is CC(CC(N)C1CCOC2(CCCC2)C1)C(C)(C)C. The Kier molecular flexibility index (Phi) is 4.62. The Bertz CT molecular complexity index is 288. The van der Waals surface area contributed by atoms with Crippen molar-refractivity contribution in [2.24, 2.45) is 23.0 Å². The Morgan fingerprint density at radius 3 is 2.47 bits per heavy atom. The molecule has 0 bridgehead atoms. The summed E-state index contributed by atoms with van der Waals surface area (Å²) in [6.07, 6.45) is 8.77. The second-order valence-corrected chi connectivity index (χ2v) is 8.16. The molecule has 1 heterocycles. The molecule has 3 unspecified atom stereocenters. The van der Waals surface area contributed by atoms with Crippen molar-refractivity contribution in [2.45, 2.75) is 84.3 Å². The molecule has 19 heavy (non-hydrogen) atoms. The molecular weight excluding hydrogens is 234 g/mol. The van der Waals surface area contributed by atoms with E-state index in [1.807, 2.05) is 0 Å². The van der Waals surface area contributed by atoms with Gasteiger partial charge in [-0.3, -0.25) is 0 Å². The van der Waals surface area contributed by atoms with Crippen LogP contribution in [0.25, 0.3) is 0 Å². The molecule has 2 N–H and O–H groups in total. The topological polar surface area (TPSA) is 35.2 Å². The van der Waals surface area contributed by atoms with Gasteiger partial charge in [0.15, 0.2) is 0 Å². The van der Waals surface area contributed by atoms with Gasteiger partial charge in [0, 0.05) is 12.6 Å². The van der Waals surface area contributed by atoms with Crippen LogP contribution in [-0.4, -0.2) is 18.2 Å². The third kappa shape index (κ3) is 3.72. The van der Waals surface area contributed by atoms with Gasteiger partial charge in [-0.1, -0.05) is 40.5 Å². The van der Waals surface area contributed by atoms with Crippen molar-refractivity contribution in [3.63, 3.8) is 0 Å². The molecule has 0 radical (unpaired) electrons. The molecule has 1 saturated carbocycles. The average Bonchev–Trinajstić information content (AvgIpc) is 2.76. The Hall–Kier alpha value is -0.0800. The van der Waals surface area contributed by atoms with E-state index in [1.54, 1.807) is 0 Å². The molecule has 2 fully saturated rings. The van der Waals surface area contributed by atoms with Crippen LogP contribution in [0.1, 0.15) is 72.6 Å². The zero-order chi connectivity index (χ0) is 14.1. The van der Waals surface area contributed by atoms with Gasteiger partial charge in [-0.25, -0.2) is 0 Å². The van der Waals surface area contributed by atoms with E-state index in [-0.39, 0.29) is 5.60 Å². The number of hydrogen-bond donors (Lipinski definition) is 1. The molecular formula is C17H33NO. The van der Waals surface area contributed by atoms with Crippen LogP contribution >= 0.6 is 0 Å². The molecule has 1 aliphatic heterocycles. The van der Waals surface area contributed by atoms with E-state index in [4.69, 9.17) is 10.5 Å². The van der Waals surface area contributed by atoms with Gasteiger partial charge in [0.1, 0.15) is 0 Å².